The van der Waals surface area contributed by atoms with Crippen molar-refractivity contribution in [2.45, 2.75) is 32.4 Å². The van der Waals surface area contributed by atoms with Crippen molar-refractivity contribution in [3.63, 3.8) is 0 Å². The van der Waals surface area contributed by atoms with Gasteiger partial charge in [0.1, 0.15) is 35.9 Å². The minimum Gasteiger partial charge on any atom is -0.487 e. The summed E-state index contributed by atoms with van der Waals surface area (Å²) >= 11 is 0. The monoisotopic (exact) mass is 436 g/mol. The molecular weight excluding hydrogens is 414 g/mol. The van der Waals surface area contributed by atoms with Crippen molar-refractivity contribution < 1.29 is 17.9 Å². The van der Waals surface area contributed by atoms with Gasteiger partial charge in [-0.05, 0) is 55.2 Å². The summed E-state index contributed by atoms with van der Waals surface area (Å²) in [5.74, 6) is -0.317. The first-order valence-electron chi connectivity index (χ1n) is 10.3. The Balaban J connectivity index is 1.23. The number of unbranched alkanes of at least 4 members (excludes halogenated alkanes) is 1. The maximum absolute atomic E-state index is 13.7. The number of halogens is 2. The van der Waals surface area contributed by atoms with E-state index in [1.54, 1.807) is 6.20 Å². The SMILES string of the molecule is Fc1cccc(F)c1C=Cc1nc(COc2ccc(CCCCn3ccnn3)cc2)co1. The van der Waals surface area contributed by atoms with Gasteiger partial charge in [0.2, 0.25) is 5.89 Å². The third-order valence-electron chi connectivity index (χ3n) is 4.85. The number of aryl methyl sites for hydroxylation is 2. The van der Waals surface area contributed by atoms with Crippen LogP contribution in [0.15, 0.2) is 65.5 Å². The molecule has 0 aliphatic rings. The summed E-state index contributed by atoms with van der Waals surface area (Å²) in [5.41, 5.74) is 1.68. The number of ether oxygens (including phenoxy) is 1. The predicted molar refractivity (Wildman–Crippen MR) is 116 cm³/mol. The number of oxazole rings is 1. The highest BCUT2D eigenvalue weighted by molar-refractivity contribution is 5.66. The number of hydrogen-bond acceptors (Lipinski definition) is 5. The Hall–Kier alpha value is -3.81. The molecule has 0 fully saturated rings. The molecule has 0 atom stereocenters. The van der Waals surface area contributed by atoms with E-state index in [2.05, 4.69) is 15.3 Å². The van der Waals surface area contributed by atoms with Crippen molar-refractivity contribution in [1.29, 1.82) is 0 Å². The van der Waals surface area contributed by atoms with Gasteiger partial charge < -0.3 is 9.15 Å². The second-order valence-corrected chi connectivity index (χ2v) is 7.20. The second-order valence-electron chi connectivity index (χ2n) is 7.20. The molecule has 0 bridgehead atoms. The molecule has 0 unspecified atom stereocenters. The van der Waals surface area contributed by atoms with Crippen molar-refractivity contribution in [2.24, 2.45) is 0 Å². The van der Waals surface area contributed by atoms with Crippen LogP contribution in [-0.2, 0) is 19.6 Å². The van der Waals surface area contributed by atoms with E-state index in [1.807, 2.05) is 35.1 Å². The molecule has 0 spiro atoms. The van der Waals surface area contributed by atoms with Crippen LogP contribution in [0.2, 0.25) is 0 Å². The molecule has 2 aromatic heterocycles. The van der Waals surface area contributed by atoms with Crippen molar-refractivity contribution in [1.82, 2.24) is 20.0 Å². The summed E-state index contributed by atoms with van der Waals surface area (Å²) in [6.07, 6.45) is 10.8. The van der Waals surface area contributed by atoms with E-state index in [4.69, 9.17) is 9.15 Å². The summed E-state index contributed by atoms with van der Waals surface area (Å²) in [6.45, 7) is 1.09. The molecular formula is C24H22F2N4O2. The predicted octanol–water partition coefficient (Wildman–Crippen LogP) is 5.32. The van der Waals surface area contributed by atoms with Gasteiger partial charge in [0.05, 0.1) is 6.20 Å². The zero-order valence-electron chi connectivity index (χ0n) is 17.3. The van der Waals surface area contributed by atoms with Crippen LogP contribution in [-0.4, -0.2) is 20.0 Å². The van der Waals surface area contributed by atoms with E-state index in [0.717, 1.165) is 31.6 Å². The van der Waals surface area contributed by atoms with Crippen LogP contribution < -0.4 is 4.74 Å². The fourth-order valence-corrected chi connectivity index (χ4v) is 3.15. The Labute approximate surface area is 184 Å². The van der Waals surface area contributed by atoms with Crippen LogP contribution in [0.25, 0.3) is 12.2 Å². The standard InChI is InChI=1S/C24H22F2N4O2/c25-22-5-3-6-23(26)21(22)11-12-24-28-19(17-32-24)16-31-20-9-7-18(8-10-20)4-1-2-14-30-15-13-27-29-30/h3,5-13,15,17H,1-2,4,14,16H2. The maximum Gasteiger partial charge on any atom is 0.218 e. The van der Waals surface area contributed by atoms with Crippen LogP contribution >= 0.6 is 0 Å². The molecule has 32 heavy (non-hydrogen) atoms. The fourth-order valence-electron chi connectivity index (χ4n) is 3.15. The summed E-state index contributed by atoms with van der Waals surface area (Å²) in [6, 6.07) is 11.7. The number of benzene rings is 2. The first-order valence-corrected chi connectivity index (χ1v) is 10.3. The molecule has 0 radical (unpaired) electrons. The van der Waals surface area contributed by atoms with Crippen LogP contribution in [0.1, 0.15) is 35.6 Å². The Morgan fingerprint density at radius 1 is 1.00 bits per heavy atom. The first kappa shape index (κ1) is 21.4. The molecule has 8 heteroatoms. The van der Waals surface area contributed by atoms with Gasteiger partial charge in [-0.1, -0.05) is 23.4 Å². The fraction of sp³-hybridized carbons (Fsp3) is 0.208. The molecule has 0 N–H and O–H groups in total. The maximum atomic E-state index is 13.7. The lowest BCUT2D eigenvalue weighted by Gasteiger charge is -2.06. The summed E-state index contributed by atoms with van der Waals surface area (Å²) in [4.78, 5) is 4.25. The van der Waals surface area contributed by atoms with Gasteiger partial charge in [0, 0.05) is 24.4 Å². The van der Waals surface area contributed by atoms with Crippen LogP contribution in [0, 0.1) is 11.6 Å². The molecule has 2 aromatic carbocycles. The zero-order valence-corrected chi connectivity index (χ0v) is 17.3. The van der Waals surface area contributed by atoms with E-state index in [9.17, 15) is 8.78 Å². The van der Waals surface area contributed by atoms with E-state index in [1.165, 1.54) is 42.2 Å². The van der Waals surface area contributed by atoms with Gasteiger partial charge in [0.25, 0.3) is 0 Å². The topological polar surface area (TPSA) is 66.0 Å². The lowest BCUT2D eigenvalue weighted by molar-refractivity contribution is 0.301. The molecule has 0 aliphatic heterocycles. The summed E-state index contributed by atoms with van der Waals surface area (Å²) in [5, 5.41) is 7.75. The van der Waals surface area contributed by atoms with Gasteiger partial charge in [0.15, 0.2) is 0 Å². The highest BCUT2D eigenvalue weighted by Crippen LogP contribution is 2.18. The van der Waals surface area contributed by atoms with Crippen molar-refractivity contribution in [3.05, 3.63) is 95.5 Å². The molecule has 0 saturated carbocycles. The first-order chi connectivity index (χ1) is 15.7. The van der Waals surface area contributed by atoms with Gasteiger partial charge in [-0.2, -0.15) is 0 Å². The highest BCUT2D eigenvalue weighted by atomic mass is 19.1. The number of aromatic nitrogens is 4. The van der Waals surface area contributed by atoms with Gasteiger partial charge in [-0.25, -0.2) is 13.8 Å². The van der Waals surface area contributed by atoms with Gasteiger partial charge in [-0.3, -0.25) is 4.68 Å². The Kier molecular flexibility index (Phi) is 7.01. The molecule has 0 aliphatic carbocycles. The number of rotatable bonds is 10. The number of hydrogen-bond donors (Lipinski definition) is 0. The molecule has 4 aromatic rings. The smallest absolute Gasteiger partial charge is 0.218 e. The highest BCUT2D eigenvalue weighted by Gasteiger charge is 2.07. The van der Waals surface area contributed by atoms with Crippen molar-refractivity contribution >= 4 is 12.2 Å². The molecule has 6 nitrogen and oxygen atoms in total. The molecule has 0 saturated heterocycles. The second kappa shape index (κ2) is 10.5. The third kappa shape index (κ3) is 5.87. The quantitative estimate of drug-likeness (QED) is 0.315. The van der Waals surface area contributed by atoms with Crippen LogP contribution in [0.3, 0.4) is 0 Å². The third-order valence-corrected chi connectivity index (χ3v) is 4.85. The average molecular weight is 436 g/mol. The Morgan fingerprint density at radius 2 is 1.81 bits per heavy atom. The van der Waals surface area contributed by atoms with Gasteiger partial charge in [-0.15, -0.1) is 5.10 Å². The van der Waals surface area contributed by atoms with Crippen LogP contribution in [0.4, 0.5) is 8.78 Å². The lowest BCUT2D eigenvalue weighted by Crippen LogP contribution is -1.99. The lowest BCUT2D eigenvalue weighted by atomic mass is 10.1. The minimum atomic E-state index is -0.644. The van der Waals surface area contributed by atoms with E-state index in [-0.39, 0.29) is 18.1 Å². The van der Waals surface area contributed by atoms with Crippen LogP contribution in [0.5, 0.6) is 5.75 Å². The average Bonchev–Trinajstić information content (AvgIpc) is 3.48. The molecule has 4 rings (SSSR count). The zero-order chi connectivity index (χ0) is 22.2. The molecule has 164 valence electrons. The van der Waals surface area contributed by atoms with E-state index in [0.29, 0.717) is 5.69 Å². The molecule has 2 heterocycles. The summed E-state index contributed by atoms with van der Waals surface area (Å²) < 4.78 is 40.3. The van der Waals surface area contributed by atoms with Crippen molar-refractivity contribution in [3.8, 4) is 5.75 Å². The number of nitrogens with zero attached hydrogens (tertiary/aromatic N) is 4. The van der Waals surface area contributed by atoms with E-state index >= 15 is 0 Å². The Morgan fingerprint density at radius 3 is 2.56 bits per heavy atom. The largest absolute Gasteiger partial charge is 0.487 e. The Bertz CT molecular complexity index is 1130. The minimum absolute atomic E-state index is 0.137. The summed E-state index contributed by atoms with van der Waals surface area (Å²) in [7, 11) is 0. The van der Waals surface area contributed by atoms with E-state index < -0.39 is 11.6 Å². The van der Waals surface area contributed by atoms with Gasteiger partial charge >= 0.3 is 0 Å². The normalized spacial score (nSPS) is 11.3. The van der Waals surface area contributed by atoms with Crippen molar-refractivity contribution in [2.75, 3.05) is 0 Å². The molecule has 0 amide bonds.